The van der Waals surface area contributed by atoms with Gasteiger partial charge in [-0.05, 0) is 23.8 Å². The van der Waals surface area contributed by atoms with Gasteiger partial charge in [0.05, 0.1) is 25.8 Å². The first kappa shape index (κ1) is 26.0. The molecule has 0 saturated carbocycles. The van der Waals surface area contributed by atoms with Crippen LogP contribution in [-0.4, -0.2) is 60.2 Å². The maximum absolute atomic E-state index is 13.7. The standard InChI is InChI=1S/C25H25FN8O4/c1-37-20-6-4-14(26)7-17(20)24(35)31-10-13-3-5-16(18(8-27)21(13)29)22-19(9-28)23(30)34(32-22)15-11-33(12-15)25(36)38-2/h3-8,15,27H,10-12,29-30H2,1-2H3,(H,31,35). The average Bonchev–Trinajstić information content (AvgIpc) is 3.21. The number of halogens is 1. The van der Waals surface area contributed by atoms with Crippen molar-refractivity contribution >= 4 is 29.7 Å². The molecule has 1 fully saturated rings. The van der Waals surface area contributed by atoms with Crippen molar-refractivity contribution in [1.29, 1.82) is 10.7 Å². The van der Waals surface area contributed by atoms with Crippen molar-refractivity contribution in [2.45, 2.75) is 12.6 Å². The van der Waals surface area contributed by atoms with E-state index in [0.29, 0.717) is 24.2 Å². The predicted octanol–water partition coefficient (Wildman–Crippen LogP) is 2.28. The van der Waals surface area contributed by atoms with Crippen LogP contribution in [0.1, 0.15) is 33.1 Å². The second-order valence-corrected chi connectivity index (χ2v) is 8.47. The van der Waals surface area contributed by atoms with E-state index in [2.05, 4.69) is 16.5 Å². The fourth-order valence-corrected chi connectivity index (χ4v) is 4.24. The number of nitrogens with two attached hydrogens (primary N) is 2. The number of methoxy groups -OCH3 is 2. The van der Waals surface area contributed by atoms with E-state index >= 15 is 0 Å². The monoisotopic (exact) mass is 520 g/mol. The zero-order chi connectivity index (χ0) is 27.6. The SMILES string of the molecule is COC(=O)N1CC(n2nc(-c3ccc(CNC(=O)c4cc(F)ccc4OC)c(N)c3C=N)c(C#N)c2N)C1. The van der Waals surface area contributed by atoms with E-state index in [9.17, 15) is 19.2 Å². The van der Waals surface area contributed by atoms with E-state index in [1.54, 1.807) is 12.1 Å². The molecule has 1 aliphatic rings. The van der Waals surface area contributed by atoms with Crippen molar-refractivity contribution in [2.24, 2.45) is 0 Å². The summed E-state index contributed by atoms with van der Waals surface area (Å²) in [6, 6.07) is 8.70. The van der Waals surface area contributed by atoms with Gasteiger partial charge < -0.3 is 36.6 Å². The molecule has 1 aliphatic heterocycles. The first-order valence-electron chi connectivity index (χ1n) is 11.4. The van der Waals surface area contributed by atoms with Crippen LogP contribution in [-0.2, 0) is 11.3 Å². The third-order valence-corrected chi connectivity index (χ3v) is 6.32. The Morgan fingerprint density at radius 3 is 2.66 bits per heavy atom. The number of ether oxygens (including phenoxy) is 2. The van der Waals surface area contributed by atoms with Gasteiger partial charge in [0.15, 0.2) is 0 Å². The normalized spacial score (nSPS) is 12.8. The van der Waals surface area contributed by atoms with E-state index in [1.807, 2.05) is 0 Å². The summed E-state index contributed by atoms with van der Waals surface area (Å²) in [5.41, 5.74) is 14.3. The minimum absolute atomic E-state index is 0.0153. The van der Waals surface area contributed by atoms with Gasteiger partial charge in [0.1, 0.15) is 34.7 Å². The molecule has 6 N–H and O–H groups in total. The number of aromatic nitrogens is 2. The van der Waals surface area contributed by atoms with Gasteiger partial charge in [-0.15, -0.1) is 0 Å². The number of hydrogen-bond donors (Lipinski definition) is 4. The van der Waals surface area contributed by atoms with E-state index < -0.39 is 17.8 Å². The van der Waals surface area contributed by atoms with Gasteiger partial charge in [-0.1, -0.05) is 12.1 Å². The van der Waals surface area contributed by atoms with Crippen molar-refractivity contribution in [3.05, 3.63) is 58.4 Å². The molecular weight excluding hydrogens is 495 g/mol. The fourth-order valence-electron chi connectivity index (χ4n) is 4.24. The predicted molar refractivity (Wildman–Crippen MR) is 136 cm³/mol. The lowest BCUT2D eigenvalue weighted by Crippen LogP contribution is -2.51. The number of rotatable bonds is 7. The first-order chi connectivity index (χ1) is 18.2. The lowest BCUT2D eigenvalue weighted by Gasteiger charge is -2.38. The van der Waals surface area contributed by atoms with Crippen LogP contribution in [0.2, 0.25) is 0 Å². The second kappa shape index (κ2) is 10.5. The Hall–Kier alpha value is -5.12. The molecular formula is C25H25FN8O4. The lowest BCUT2D eigenvalue weighted by atomic mass is 9.97. The van der Waals surface area contributed by atoms with Crippen LogP contribution in [0, 0.1) is 22.6 Å². The zero-order valence-electron chi connectivity index (χ0n) is 20.6. The Labute approximate surface area is 217 Å². The Morgan fingerprint density at radius 1 is 1.29 bits per heavy atom. The molecule has 1 saturated heterocycles. The third-order valence-electron chi connectivity index (χ3n) is 6.32. The molecule has 0 aliphatic carbocycles. The fraction of sp³-hybridized carbons (Fsp3) is 0.240. The molecule has 4 rings (SSSR count). The molecule has 0 radical (unpaired) electrons. The number of carbonyl (C=O) groups is 2. The number of benzene rings is 2. The third kappa shape index (κ3) is 4.55. The van der Waals surface area contributed by atoms with Crippen LogP contribution in [0.3, 0.4) is 0 Å². The van der Waals surface area contributed by atoms with Crippen molar-refractivity contribution in [3.63, 3.8) is 0 Å². The average molecular weight is 521 g/mol. The molecule has 3 aromatic rings. The van der Waals surface area contributed by atoms with Gasteiger partial charge in [0.2, 0.25) is 0 Å². The highest BCUT2D eigenvalue weighted by atomic mass is 19.1. The van der Waals surface area contributed by atoms with Crippen molar-refractivity contribution < 1.29 is 23.5 Å². The molecule has 0 unspecified atom stereocenters. The maximum Gasteiger partial charge on any atom is 0.409 e. The molecule has 1 aromatic heterocycles. The van der Waals surface area contributed by atoms with Gasteiger partial charge in [-0.2, -0.15) is 10.4 Å². The van der Waals surface area contributed by atoms with E-state index in [1.165, 1.54) is 35.9 Å². The molecule has 38 heavy (non-hydrogen) atoms. The number of nitrogen functional groups attached to an aromatic ring is 2. The van der Waals surface area contributed by atoms with E-state index in [4.69, 9.17) is 26.4 Å². The zero-order valence-corrected chi connectivity index (χ0v) is 20.6. The smallest absolute Gasteiger partial charge is 0.409 e. The molecule has 196 valence electrons. The van der Waals surface area contributed by atoms with Crippen molar-refractivity contribution in [3.8, 4) is 23.1 Å². The number of nitriles is 1. The molecule has 13 heteroatoms. The maximum atomic E-state index is 13.7. The molecule has 0 spiro atoms. The summed E-state index contributed by atoms with van der Waals surface area (Å²) in [6.07, 6.45) is 0.565. The number of amides is 2. The Balaban J connectivity index is 1.61. The van der Waals surface area contributed by atoms with Crippen LogP contribution in [0.25, 0.3) is 11.3 Å². The van der Waals surface area contributed by atoms with Crippen LogP contribution < -0.4 is 21.5 Å². The van der Waals surface area contributed by atoms with Crippen LogP contribution in [0.5, 0.6) is 5.75 Å². The summed E-state index contributed by atoms with van der Waals surface area (Å²) >= 11 is 0. The van der Waals surface area contributed by atoms with Gasteiger partial charge >= 0.3 is 6.09 Å². The Bertz CT molecular complexity index is 1470. The molecule has 2 amide bonds. The number of likely N-dealkylation sites (tertiary alicyclic amines) is 1. The number of carbonyl (C=O) groups excluding carboxylic acids is 2. The molecule has 2 aromatic carbocycles. The number of nitrogens with zero attached hydrogens (tertiary/aromatic N) is 4. The summed E-state index contributed by atoms with van der Waals surface area (Å²) in [7, 11) is 2.67. The van der Waals surface area contributed by atoms with E-state index in [0.717, 1.165) is 12.3 Å². The molecule has 0 bridgehead atoms. The number of nitrogens with one attached hydrogen (secondary N) is 2. The number of hydrogen-bond acceptors (Lipinski definition) is 9. The number of anilines is 2. The second-order valence-electron chi connectivity index (χ2n) is 8.47. The lowest BCUT2D eigenvalue weighted by molar-refractivity contribution is 0.0682. The summed E-state index contributed by atoms with van der Waals surface area (Å²) in [4.78, 5) is 25.8. The van der Waals surface area contributed by atoms with Crippen LogP contribution in [0.4, 0.5) is 20.7 Å². The highest BCUT2D eigenvalue weighted by Crippen LogP contribution is 2.35. The molecule has 0 atom stereocenters. The van der Waals surface area contributed by atoms with E-state index in [-0.39, 0.29) is 52.2 Å². The van der Waals surface area contributed by atoms with Crippen LogP contribution in [0.15, 0.2) is 30.3 Å². The van der Waals surface area contributed by atoms with Crippen molar-refractivity contribution in [2.75, 3.05) is 38.8 Å². The summed E-state index contributed by atoms with van der Waals surface area (Å²) in [6.45, 7) is 0.618. The van der Waals surface area contributed by atoms with Gasteiger partial charge in [-0.25, -0.2) is 13.9 Å². The molecule has 12 nitrogen and oxygen atoms in total. The quantitative estimate of drug-likeness (QED) is 0.270. The minimum Gasteiger partial charge on any atom is -0.496 e. The summed E-state index contributed by atoms with van der Waals surface area (Å²) in [5.74, 6) is -0.809. The Kier molecular flexibility index (Phi) is 7.15. The minimum atomic E-state index is -0.585. The first-order valence-corrected chi connectivity index (χ1v) is 11.4. The van der Waals surface area contributed by atoms with Crippen LogP contribution >= 0.6 is 0 Å². The summed E-state index contributed by atoms with van der Waals surface area (Å²) < 4.78 is 25.0. The molecule has 2 heterocycles. The highest BCUT2D eigenvalue weighted by molar-refractivity contribution is 5.98. The van der Waals surface area contributed by atoms with Gasteiger partial charge in [-0.3, -0.25) is 4.79 Å². The van der Waals surface area contributed by atoms with Gasteiger partial charge in [0, 0.05) is 42.7 Å². The highest BCUT2D eigenvalue weighted by Gasteiger charge is 2.36. The largest absolute Gasteiger partial charge is 0.496 e. The topological polar surface area (TPSA) is 185 Å². The van der Waals surface area contributed by atoms with Crippen molar-refractivity contribution in [1.82, 2.24) is 20.0 Å². The van der Waals surface area contributed by atoms with Gasteiger partial charge in [0.25, 0.3) is 5.91 Å². The summed E-state index contributed by atoms with van der Waals surface area (Å²) in [5, 5.41) is 24.9. The Morgan fingerprint density at radius 2 is 2.03 bits per heavy atom.